The Labute approximate surface area is 200 Å². The summed E-state index contributed by atoms with van der Waals surface area (Å²) in [4.78, 5) is 26.8. The van der Waals surface area contributed by atoms with E-state index in [0.29, 0.717) is 12.0 Å². The fraction of sp³-hybridized carbons (Fsp3) is 0.385. The summed E-state index contributed by atoms with van der Waals surface area (Å²) in [5.74, 6) is -1.27. The van der Waals surface area contributed by atoms with Crippen LogP contribution in [0.5, 0.6) is 0 Å². The van der Waals surface area contributed by atoms with Crippen LogP contribution in [0.1, 0.15) is 35.7 Å². The van der Waals surface area contributed by atoms with E-state index in [1.807, 2.05) is 18.2 Å². The first-order valence-electron chi connectivity index (χ1n) is 11.4. The number of methoxy groups -OCH3 is 1. The highest BCUT2D eigenvalue weighted by Gasteiger charge is 2.21. The molecule has 2 atom stereocenters. The highest BCUT2D eigenvalue weighted by molar-refractivity contribution is 5.94. The molecule has 0 saturated carbocycles. The molecule has 0 spiro atoms. The summed E-state index contributed by atoms with van der Waals surface area (Å²) in [6.45, 7) is 3.67. The smallest absolute Gasteiger partial charge is 0.251 e. The summed E-state index contributed by atoms with van der Waals surface area (Å²) in [5.41, 5.74) is 5.86. The van der Waals surface area contributed by atoms with Crippen LogP contribution >= 0.6 is 0 Å². The fourth-order valence-electron chi connectivity index (χ4n) is 4.00. The van der Waals surface area contributed by atoms with E-state index >= 15 is 0 Å². The minimum absolute atomic E-state index is 0.0813. The van der Waals surface area contributed by atoms with Crippen molar-refractivity contribution in [2.24, 2.45) is 5.92 Å². The van der Waals surface area contributed by atoms with E-state index in [-0.39, 0.29) is 19.3 Å². The van der Waals surface area contributed by atoms with Crippen molar-refractivity contribution in [3.8, 4) is 0 Å². The molecule has 34 heavy (non-hydrogen) atoms. The Hall–Kier alpha value is -3.20. The van der Waals surface area contributed by atoms with E-state index < -0.39 is 17.9 Å². The minimum Gasteiger partial charge on any atom is -0.367 e. The van der Waals surface area contributed by atoms with E-state index in [4.69, 9.17) is 14.7 Å². The van der Waals surface area contributed by atoms with Gasteiger partial charge in [-0.1, -0.05) is 43.3 Å². The summed E-state index contributed by atoms with van der Waals surface area (Å²) in [6, 6.07) is 17.5. The van der Waals surface area contributed by atoms with E-state index in [2.05, 4.69) is 40.6 Å². The predicted molar refractivity (Wildman–Crippen MR) is 130 cm³/mol. The zero-order valence-electron chi connectivity index (χ0n) is 19.7. The number of carbonyl (C=O) groups excluding carboxylic acids is 2. The van der Waals surface area contributed by atoms with Gasteiger partial charge in [0.25, 0.3) is 5.91 Å². The summed E-state index contributed by atoms with van der Waals surface area (Å²) in [6.07, 6.45) is 3.53. The van der Waals surface area contributed by atoms with Gasteiger partial charge in [-0.2, -0.15) is 0 Å². The lowest BCUT2D eigenvalue weighted by Crippen LogP contribution is -2.41. The van der Waals surface area contributed by atoms with Crippen LogP contribution in [0.3, 0.4) is 0 Å². The maximum absolute atomic E-state index is 12.8. The normalized spacial score (nSPS) is 15.3. The van der Waals surface area contributed by atoms with Crippen molar-refractivity contribution in [2.45, 2.75) is 25.8 Å². The maximum Gasteiger partial charge on any atom is 0.251 e. The quantitative estimate of drug-likeness (QED) is 0.203. The van der Waals surface area contributed by atoms with Gasteiger partial charge in [0.2, 0.25) is 5.91 Å². The Balaban J connectivity index is 1.59. The molecule has 0 radical (unpaired) electrons. The van der Waals surface area contributed by atoms with Gasteiger partial charge in [-0.05, 0) is 48.2 Å². The molecule has 8 nitrogen and oxygen atoms in total. The second-order valence-corrected chi connectivity index (χ2v) is 8.40. The summed E-state index contributed by atoms with van der Waals surface area (Å²) >= 11 is 0. The molecule has 2 aromatic rings. The number of nitrogens with zero attached hydrogens (tertiary/aromatic N) is 1. The SMILES string of the molecule is COCOC[C@H](C[C@H](C)C(=O)NO)NC(=O)c1ccc(N2CC=C(c3ccccc3)CC2)cc1. The topological polar surface area (TPSA) is 100 Å². The van der Waals surface area contributed by atoms with Gasteiger partial charge in [0.05, 0.1) is 12.6 Å². The van der Waals surface area contributed by atoms with Crippen LogP contribution in [0.2, 0.25) is 0 Å². The van der Waals surface area contributed by atoms with Crippen molar-refractivity contribution in [3.63, 3.8) is 0 Å². The maximum atomic E-state index is 12.8. The van der Waals surface area contributed by atoms with Gasteiger partial charge in [-0.3, -0.25) is 14.8 Å². The van der Waals surface area contributed by atoms with Gasteiger partial charge < -0.3 is 19.7 Å². The number of amides is 2. The molecule has 0 saturated heterocycles. The van der Waals surface area contributed by atoms with E-state index in [1.54, 1.807) is 24.5 Å². The van der Waals surface area contributed by atoms with Gasteiger partial charge >= 0.3 is 0 Å². The van der Waals surface area contributed by atoms with E-state index in [0.717, 1.165) is 25.2 Å². The summed E-state index contributed by atoms with van der Waals surface area (Å²) in [7, 11) is 1.51. The van der Waals surface area contributed by atoms with Gasteiger partial charge in [0, 0.05) is 37.4 Å². The van der Waals surface area contributed by atoms with Crippen LogP contribution in [0.15, 0.2) is 60.7 Å². The predicted octanol–water partition coefficient (Wildman–Crippen LogP) is 3.23. The lowest BCUT2D eigenvalue weighted by Gasteiger charge is -2.29. The van der Waals surface area contributed by atoms with Crippen LogP contribution in [-0.4, -0.2) is 56.7 Å². The molecule has 1 aliphatic heterocycles. The highest BCUT2D eigenvalue weighted by Crippen LogP contribution is 2.25. The van der Waals surface area contributed by atoms with Gasteiger partial charge in [0.1, 0.15) is 6.79 Å². The van der Waals surface area contributed by atoms with Gasteiger partial charge in [-0.15, -0.1) is 0 Å². The molecule has 1 heterocycles. The third kappa shape index (κ3) is 7.15. The Morgan fingerprint density at radius 1 is 1.12 bits per heavy atom. The third-order valence-electron chi connectivity index (χ3n) is 5.90. The molecule has 2 amide bonds. The fourth-order valence-corrected chi connectivity index (χ4v) is 4.00. The molecule has 0 unspecified atom stereocenters. The molecular formula is C26H33N3O5. The molecule has 0 aromatic heterocycles. The molecule has 8 heteroatoms. The molecule has 0 bridgehead atoms. The molecule has 3 rings (SSSR count). The van der Waals surface area contributed by atoms with Crippen molar-refractivity contribution in [2.75, 3.05) is 38.5 Å². The first-order chi connectivity index (χ1) is 16.5. The van der Waals surface area contributed by atoms with Crippen LogP contribution < -0.4 is 15.7 Å². The molecule has 1 aliphatic rings. The Morgan fingerprint density at radius 3 is 2.47 bits per heavy atom. The molecule has 182 valence electrons. The monoisotopic (exact) mass is 467 g/mol. The zero-order chi connectivity index (χ0) is 24.3. The summed E-state index contributed by atoms with van der Waals surface area (Å²) in [5, 5.41) is 11.8. The second kappa shape index (κ2) is 12.9. The Bertz CT molecular complexity index is 962. The van der Waals surface area contributed by atoms with Gasteiger partial charge in [0.15, 0.2) is 0 Å². The molecule has 3 N–H and O–H groups in total. The van der Waals surface area contributed by atoms with E-state index in [1.165, 1.54) is 18.2 Å². The van der Waals surface area contributed by atoms with Crippen molar-refractivity contribution in [3.05, 3.63) is 71.8 Å². The molecular weight excluding hydrogens is 434 g/mol. The second-order valence-electron chi connectivity index (χ2n) is 8.40. The first kappa shape index (κ1) is 25.4. The lowest BCUT2D eigenvalue weighted by molar-refractivity contribution is -0.133. The third-order valence-corrected chi connectivity index (χ3v) is 5.90. The number of hydrogen-bond donors (Lipinski definition) is 3. The minimum atomic E-state index is -0.513. The first-order valence-corrected chi connectivity index (χ1v) is 11.4. The van der Waals surface area contributed by atoms with Crippen molar-refractivity contribution in [1.29, 1.82) is 0 Å². The number of carbonyl (C=O) groups is 2. The standard InChI is InChI=1S/C26H33N3O5/c1-19(25(30)28-32)16-23(17-34-18-33-2)27-26(31)22-8-10-24(11-9-22)29-14-12-21(13-15-29)20-6-4-3-5-7-20/h3-12,19,23,32H,13-18H2,1-2H3,(H,27,31)(H,28,30)/t19-,23-/m0/s1. The van der Waals surface area contributed by atoms with Crippen LogP contribution in [-0.2, 0) is 14.3 Å². The number of rotatable bonds is 11. The van der Waals surface area contributed by atoms with E-state index in [9.17, 15) is 9.59 Å². The molecule has 0 aliphatic carbocycles. The molecule has 2 aromatic carbocycles. The average Bonchev–Trinajstić information content (AvgIpc) is 2.89. The van der Waals surface area contributed by atoms with Gasteiger partial charge in [-0.25, -0.2) is 5.48 Å². The Kier molecular flexibility index (Phi) is 9.63. The number of ether oxygens (including phenoxy) is 2. The average molecular weight is 468 g/mol. The highest BCUT2D eigenvalue weighted by atomic mass is 16.7. The Morgan fingerprint density at radius 2 is 1.85 bits per heavy atom. The number of anilines is 1. The van der Waals surface area contributed by atoms with Crippen molar-refractivity contribution >= 4 is 23.1 Å². The van der Waals surface area contributed by atoms with Crippen LogP contribution in [0.4, 0.5) is 5.69 Å². The van der Waals surface area contributed by atoms with Crippen molar-refractivity contribution < 1.29 is 24.3 Å². The number of hydrogen-bond acceptors (Lipinski definition) is 6. The number of hydroxylamine groups is 1. The lowest BCUT2D eigenvalue weighted by atomic mass is 9.99. The summed E-state index contributed by atoms with van der Waals surface area (Å²) < 4.78 is 10.3. The largest absolute Gasteiger partial charge is 0.367 e. The van der Waals surface area contributed by atoms with Crippen molar-refractivity contribution in [1.82, 2.24) is 10.8 Å². The molecule has 0 fully saturated rings. The zero-order valence-corrected chi connectivity index (χ0v) is 19.7. The van der Waals surface area contributed by atoms with Crippen LogP contribution in [0, 0.1) is 5.92 Å². The number of nitrogens with one attached hydrogen (secondary N) is 2. The van der Waals surface area contributed by atoms with Crippen LogP contribution in [0.25, 0.3) is 5.57 Å². The number of benzene rings is 2.